The minimum absolute atomic E-state index is 0.0406. The van der Waals surface area contributed by atoms with Crippen LogP contribution >= 0.6 is 22.9 Å². The van der Waals surface area contributed by atoms with Gasteiger partial charge in [0.2, 0.25) is 11.8 Å². The largest absolute Gasteiger partial charge is 0.336 e. The molecule has 27 heavy (non-hydrogen) atoms. The molecule has 1 heterocycles. The maximum Gasteiger partial charge on any atom is 0.243 e. The fourth-order valence-electron chi connectivity index (χ4n) is 2.46. The number of benzene rings is 2. The summed E-state index contributed by atoms with van der Waals surface area (Å²) in [5.74, 6) is -0.447. The molecule has 1 aromatic heterocycles. The average molecular weight is 400 g/mol. The third kappa shape index (κ3) is 5.39. The van der Waals surface area contributed by atoms with Crippen LogP contribution in [0, 0.1) is 0 Å². The minimum Gasteiger partial charge on any atom is -0.336 e. The first-order valence-electron chi connectivity index (χ1n) is 8.30. The number of rotatable bonds is 6. The van der Waals surface area contributed by atoms with Gasteiger partial charge in [0.15, 0.2) is 0 Å². The van der Waals surface area contributed by atoms with E-state index in [0.717, 1.165) is 10.6 Å². The Morgan fingerprint density at radius 3 is 2.67 bits per heavy atom. The standard InChI is InChI=1S/C20H18ClN3O2S/c1-24(12-18(25)22-16-9-5-8-15(21)10-16)19(26)11-17-13-27-20(23-17)14-6-3-2-4-7-14/h2-10,13H,11-12H2,1H3,(H,22,25). The highest BCUT2D eigenvalue weighted by Gasteiger charge is 2.15. The lowest BCUT2D eigenvalue weighted by molar-refractivity contribution is -0.132. The predicted octanol–water partition coefficient (Wildman–Crippen LogP) is 4.10. The Labute approximate surface area is 166 Å². The van der Waals surface area contributed by atoms with Crippen molar-refractivity contribution in [3.05, 3.63) is 70.7 Å². The Kier molecular flexibility index (Phi) is 6.21. The molecule has 5 nitrogen and oxygen atoms in total. The second kappa shape index (κ2) is 8.79. The number of hydrogen-bond donors (Lipinski definition) is 1. The summed E-state index contributed by atoms with van der Waals surface area (Å²) in [4.78, 5) is 30.4. The zero-order valence-corrected chi connectivity index (χ0v) is 16.3. The molecule has 0 saturated carbocycles. The lowest BCUT2D eigenvalue weighted by atomic mass is 10.2. The van der Waals surface area contributed by atoms with Gasteiger partial charge in [-0.05, 0) is 18.2 Å². The van der Waals surface area contributed by atoms with Gasteiger partial charge < -0.3 is 10.2 Å². The van der Waals surface area contributed by atoms with Crippen molar-refractivity contribution in [3.63, 3.8) is 0 Å². The number of carbonyl (C=O) groups excluding carboxylic acids is 2. The molecule has 0 radical (unpaired) electrons. The summed E-state index contributed by atoms with van der Waals surface area (Å²) in [6.45, 7) is -0.0406. The molecule has 0 aliphatic heterocycles. The highest BCUT2D eigenvalue weighted by Crippen LogP contribution is 2.23. The van der Waals surface area contributed by atoms with Crippen LogP contribution in [0.2, 0.25) is 5.02 Å². The van der Waals surface area contributed by atoms with E-state index in [1.807, 2.05) is 35.7 Å². The molecule has 0 atom stereocenters. The Morgan fingerprint density at radius 2 is 1.93 bits per heavy atom. The lowest BCUT2D eigenvalue weighted by Gasteiger charge is -2.16. The Bertz CT molecular complexity index is 943. The fraction of sp³-hybridized carbons (Fsp3) is 0.150. The SMILES string of the molecule is CN(CC(=O)Nc1cccc(Cl)c1)C(=O)Cc1csc(-c2ccccc2)n1. The van der Waals surface area contributed by atoms with Crippen molar-refractivity contribution in [2.75, 3.05) is 18.9 Å². The van der Waals surface area contributed by atoms with Gasteiger partial charge >= 0.3 is 0 Å². The molecular formula is C20H18ClN3O2S. The zero-order chi connectivity index (χ0) is 19.2. The van der Waals surface area contributed by atoms with Crippen molar-refractivity contribution in [1.82, 2.24) is 9.88 Å². The number of anilines is 1. The van der Waals surface area contributed by atoms with Crippen molar-refractivity contribution in [2.45, 2.75) is 6.42 Å². The summed E-state index contributed by atoms with van der Waals surface area (Å²) in [5, 5.41) is 6.01. The smallest absolute Gasteiger partial charge is 0.243 e. The maximum atomic E-state index is 12.4. The molecule has 0 bridgehead atoms. The van der Waals surface area contributed by atoms with E-state index in [0.29, 0.717) is 16.4 Å². The molecule has 0 saturated heterocycles. The molecular weight excluding hydrogens is 382 g/mol. The van der Waals surface area contributed by atoms with Gasteiger partial charge in [0.25, 0.3) is 0 Å². The Morgan fingerprint density at radius 1 is 1.15 bits per heavy atom. The summed E-state index contributed by atoms with van der Waals surface area (Å²) >= 11 is 7.40. The van der Waals surface area contributed by atoms with E-state index in [9.17, 15) is 9.59 Å². The number of likely N-dealkylation sites (N-methyl/N-ethyl adjacent to an activating group) is 1. The topological polar surface area (TPSA) is 62.3 Å². The number of aromatic nitrogens is 1. The van der Waals surface area contributed by atoms with Gasteiger partial charge in [0.1, 0.15) is 5.01 Å². The van der Waals surface area contributed by atoms with E-state index in [1.165, 1.54) is 16.2 Å². The van der Waals surface area contributed by atoms with Crippen LogP contribution in [0.5, 0.6) is 0 Å². The molecule has 0 spiro atoms. The molecule has 0 fully saturated rings. The first kappa shape index (κ1) is 19.1. The quantitative estimate of drug-likeness (QED) is 0.678. The van der Waals surface area contributed by atoms with E-state index in [2.05, 4.69) is 10.3 Å². The number of thiazole rings is 1. The van der Waals surface area contributed by atoms with Crippen molar-refractivity contribution in [1.29, 1.82) is 0 Å². The molecule has 2 aromatic carbocycles. The lowest BCUT2D eigenvalue weighted by Crippen LogP contribution is -2.35. The molecule has 1 N–H and O–H groups in total. The van der Waals surface area contributed by atoms with Crippen molar-refractivity contribution >= 4 is 40.4 Å². The second-order valence-corrected chi connectivity index (χ2v) is 7.29. The summed E-state index contributed by atoms with van der Waals surface area (Å²) in [7, 11) is 1.60. The van der Waals surface area contributed by atoms with Crippen molar-refractivity contribution < 1.29 is 9.59 Å². The average Bonchev–Trinajstić information content (AvgIpc) is 3.11. The molecule has 3 rings (SSSR count). The number of amides is 2. The summed E-state index contributed by atoms with van der Waals surface area (Å²) in [6.07, 6.45) is 0.157. The van der Waals surface area contributed by atoms with E-state index >= 15 is 0 Å². The number of halogens is 1. The van der Waals surface area contributed by atoms with Crippen LogP contribution in [0.4, 0.5) is 5.69 Å². The van der Waals surface area contributed by atoms with Crippen LogP contribution in [0.3, 0.4) is 0 Å². The first-order chi connectivity index (χ1) is 13.0. The molecule has 7 heteroatoms. The monoisotopic (exact) mass is 399 g/mol. The normalized spacial score (nSPS) is 10.4. The highest BCUT2D eigenvalue weighted by molar-refractivity contribution is 7.13. The fourth-order valence-corrected chi connectivity index (χ4v) is 3.48. The third-order valence-corrected chi connectivity index (χ3v) is 5.00. The van der Waals surface area contributed by atoms with Crippen LogP contribution < -0.4 is 5.32 Å². The van der Waals surface area contributed by atoms with Crippen LogP contribution in [0.15, 0.2) is 60.0 Å². The highest BCUT2D eigenvalue weighted by atomic mass is 35.5. The molecule has 0 aliphatic rings. The van der Waals surface area contributed by atoms with Crippen LogP contribution in [0.25, 0.3) is 10.6 Å². The van der Waals surface area contributed by atoms with Gasteiger partial charge in [-0.25, -0.2) is 4.98 Å². The van der Waals surface area contributed by atoms with Gasteiger partial charge in [-0.2, -0.15) is 0 Å². The van der Waals surface area contributed by atoms with Gasteiger partial charge in [0, 0.05) is 28.7 Å². The van der Waals surface area contributed by atoms with E-state index in [1.54, 1.807) is 31.3 Å². The zero-order valence-electron chi connectivity index (χ0n) is 14.7. The number of carbonyl (C=O) groups is 2. The van der Waals surface area contributed by atoms with Crippen LogP contribution in [-0.2, 0) is 16.0 Å². The molecule has 0 unspecified atom stereocenters. The van der Waals surface area contributed by atoms with Gasteiger partial charge in [-0.3, -0.25) is 9.59 Å². The van der Waals surface area contributed by atoms with Gasteiger partial charge in [0.05, 0.1) is 18.7 Å². The van der Waals surface area contributed by atoms with Gasteiger partial charge in [-0.1, -0.05) is 48.0 Å². The Balaban J connectivity index is 1.55. The van der Waals surface area contributed by atoms with E-state index in [-0.39, 0.29) is 24.8 Å². The summed E-state index contributed by atoms with van der Waals surface area (Å²) in [6, 6.07) is 16.7. The third-order valence-electron chi connectivity index (χ3n) is 3.82. The first-order valence-corrected chi connectivity index (χ1v) is 9.56. The maximum absolute atomic E-state index is 12.4. The molecule has 0 aliphatic carbocycles. The van der Waals surface area contributed by atoms with Crippen LogP contribution in [-0.4, -0.2) is 35.3 Å². The molecule has 3 aromatic rings. The second-order valence-electron chi connectivity index (χ2n) is 6.00. The van der Waals surface area contributed by atoms with Crippen LogP contribution in [0.1, 0.15) is 5.69 Å². The Hall–Kier alpha value is -2.70. The predicted molar refractivity (Wildman–Crippen MR) is 109 cm³/mol. The number of nitrogens with zero attached hydrogens (tertiary/aromatic N) is 2. The summed E-state index contributed by atoms with van der Waals surface area (Å²) < 4.78 is 0. The molecule has 2 amide bonds. The van der Waals surface area contributed by atoms with Crippen molar-refractivity contribution in [2.24, 2.45) is 0 Å². The molecule has 138 valence electrons. The van der Waals surface area contributed by atoms with Gasteiger partial charge in [-0.15, -0.1) is 11.3 Å². The van der Waals surface area contributed by atoms with Crippen molar-refractivity contribution in [3.8, 4) is 10.6 Å². The summed E-state index contributed by atoms with van der Waals surface area (Å²) in [5.41, 5.74) is 2.32. The minimum atomic E-state index is -0.281. The van der Waals surface area contributed by atoms with E-state index in [4.69, 9.17) is 11.6 Å². The number of hydrogen-bond acceptors (Lipinski definition) is 4. The van der Waals surface area contributed by atoms with E-state index < -0.39 is 0 Å². The number of nitrogens with one attached hydrogen (secondary N) is 1.